The lowest BCUT2D eigenvalue weighted by Gasteiger charge is -2.31. The van der Waals surface area contributed by atoms with Gasteiger partial charge in [-0.1, -0.05) is 11.6 Å². The molecule has 0 radical (unpaired) electrons. The van der Waals surface area contributed by atoms with Crippen molar-refractivity contribution in [3.63, 3.8) is 0 Å². The van der Waals surface area contributed by atoms with Crippen molar-refractivity contribution in [3.8, 4) is 0 Å². The highest BCUT2D eigenvalue weighted by atomic mass is 35.5. The van der Waals surface area contributed by atoms with E-state index < -0.39 is 5.41 Å². The molecule has 0 unspecified atom stereocenters. The van der Waals surface area contributed by atoms with Crippen molar-refractivity contribution >= 4 is 17.6 Å². The van der Waals surface area contributed by atoms with Crippen LogP contribution in [-0.2, 0) is 9.63 Å². The second kappa shape index (κ2) is 6.10. The Bertz CT molecular complexity index is 477. The van der Waals surface area contributed by atoms with Crippen LogP contribution in [0.5, 0.6) is 0 Å². The topological polar surface area (TPSA) is 42.4 Å². The van der Waals surface area contributed by atoms with Crippen LogP contribution in [0, 0.1) is 5.41 Å². The molecular formula is C15H21ClN2O2. The van der Waals surface area contributed by atoms with Crippen molar-refractivity contribution in [2.24, 2.45) is 5.41 Å². The van der Waals surface area contributed by atoms with Crippen molar-refractivity contribution in [2.75, 3.05) is 13.1 Å². The summed E-state index contributed by atoms with van der Waals surface area (Å²) in [5.41, 5.74) is 0.560. The van der Waals surface area contributed by atoms with Gasteiger partial charge in [0.15, 0.2) is 0 Å². The summed E-state index contributed by atoms with van der Waals surface area (Å²) in [5, 5.41) is 2.48. The zero-order valence-corrected chi connectivity index (χ0v) is 13.0. The SMILES string of the molecule is CC(C)(C)C(=O)ON1CCC(c2cc(Cl)ccn2)CC1. The van der Waals surface area contributed by atoms with Gasteiger partial charge in [-0.2, -0.15) is 0 Å². The van der Waals surface area contributed by atoms with Crippen molar-refractivity contribution in [3.05, 3.63) is 29.0 Å². The summed E-state index contributed by atoms with van der Waals surface area (Å²) < 4.78 is 0. The first kappa shape index (κ1) is 15.3. The molecule has 1 aromatic heterocycles. The maximum atomic E-state index is 11.8. The largest absolute Gasteiger partial charge is 0.367 e. The molecule has 0 aromatic carbocycles. The van der Waals surface area contributed by atoms with Crippen LogP contribution >= 0.6 is 11.6 Å². The summed E-state index contributed by atoms with van der Waals surface area (Å²) in [6.07, 6.45) is 3.58. The lowest BCUT2D eigenvalue weighted by molar-refractivity contribution is -0.204. The highest BCUT2D eigenvalue weighted by Gasteiger charge is 2.29. The molecule has 0 spiro atoms. The Balaban J connectivity index is 1.88. The molecule has 1 aliphatic rings. The van der Waals surface area contributed by atoms with Crippen LogP contribution in [0.3, 0.4) is 0 Å². The van der Waals surface area contributed by atoms with Gasteiger partial charge >= 0.3 is 5.97 Å². The van der Waals surface area contributed by atoms with Crippen LogP contribution < -0.4 is 0 Å². The maximum absolute atomic E-state index is 11.8. The fraction of sp³-hybridized carbons (Fsp3) is 0.600. The summed E-state index contributed by atoms with van der Waals surface area (Å²) in [4.78, 5) is 21.6. The van der Waals surface area contributed by atoms with E-state index in [1.165, 1.54) is 0 Å². The van der Waals surface area contributed by atoms with Crippen molar-refractivity contribution in [1.82, 2.24) is 10.0 Å². The predicted molar refractivity (Wildman–Crippen MR) is 78.3 cm³/mol. The number of halogens is 1. The van der Waals surface area contributed by atoms with Gasteiger partial charge in [0, 0.05) is 35.9 Å². The maximum Gasteiger partial charge on any atom is 0.330 e. The Morgan fingerprint density at radius 1 is 1.40 bits per heavy atom. The Morgan fingerprint density at radius 3 is 2.60 bits per heavy atom. The fourth-order valence-electron chi connectivity index (χ4n) is 2.14. The molecule has 4 nitrogen and oxygen atoms in total. The Labute approximate surface area is 125 Å². The van der Waals surface area contributed by atoms with Crippen LogP contribution in [-0.4, -0.2) is 29.1 Å². The number of carbonyl (C=O) groups is 1. The predicted octanol–water partition coefficient (Wildman–Crippen LogP) is 3.42. The van der Waals surface area contributed by atoms with Gasteiger partial charge in [0.25, 0.3) is 0 Å². The number of hydrogen-bond acceptors (Lipinski definition) is 4. The van der Waals surface area contributed by atoms with E-state index in [-0.39, 0.29) is 5.97 Å². The third-order valence-electron chi connectivity index (χ3n) is 3.44. The first-order valence-corrected chi connectivity index (χ1v) is 7.33. The second-order valence-electron chi connectivity index (χ2n) is 6.23. The van der Waals surface area contributed by atoms with Gasteiger partial charge in [0.1, 0.15) is 0 Å². The molecule has 0 bridgehead atoms. The molecule has 1 aliphatic heterocycles. The number of carbonyl (C=O) groups excluding carboxylic acids is 1. The Hall–Kier alpha value is -1.13. The standard InChI is InChI=1S/C15H21ClN2O2/c1-15(2,3)14(19)20-18-8-5-11(6-9-18)13-10-12(16)4-7-17-13/h4,7,10-11H,5-6,8-9H2,1-3H3. The van der Waals surface area contributed by atoms with Gasteiger partial charge in [-0.3, -0.25) is 4.98 Å². The summed E-state index contributed by atoms with van der Waals surface area (Å²) in [7, 11) is 0. The molecule has 0 amide bonds. The quantitative estimate of drug-likeness (QED) is 0.838. The smallest absolute Gasteiger partial charge is 0.330 e. The van der Waals surface area contributed by atoms with E-state index in [0.29, 0.717) is 5.92 Å². The molecule has 1 fully saturated rings. The molecule has 2 heterocycles. The minimum atomic E-state index is -0.467. The normalized spacial score (nSPS) is 18.0. The average Bonchev–Trinajstić information content (AvgIpc) is 2.38. The molecule has 110 valence electrons. The monoisotopic (exact) mass is 296 g/mol. The molecule has 0 aliphatic carbocycles. The lowest BCUT2D eigenvalue weighted by atomic mass is 9.94. The van der Waals surface area contributed by atoms with E-state index in [0.717, 1.165) is 36.6 Å². The zero-order valence-electron chi connectivity index (χ0n) is 12.2. The molecule has 0 atom stereocenters. The molecule has 1 aromatic rings. The minimum absolute atomic E-state index is 0.183. The zero-order chi connectivity index (χ0) is 14.8. The highest BCUT2D eigenvalue weighted by molar-refractivity contribution is 6.30. The van der Waals surface area contributed by atoms with E-state index >= 15 is 0 Å². The van der Waals surface area contributed by atoms with Gasteiger partial charge in [0.2, 0.25) is 0 Å². The van der Waals surface area contributed by atoms with Gasteiger partial charge in [0.05, 0.1) is 5.41 Å². The van der Waals surface area contributed by atoms with E-state index in [1.54, 1.807) is 17.3 Å². The first-order valence-electron chi connectivity index (χ1n) is 6.95. The number of aromatic nitrogens is 1. The highest BCUT2D eigenvalue weighted by Crippen LogP contribution is 2.28. The van der Waals surface area contributed by atoms with Crippen LogP contribution in [0.1, 0.15) is 45.2 Å². The number of hydrogen-bond donors (Lipinski definition) is 0. The summed E-state index contributed by atoms with van der Waals surface area (Å²) >= 11 is 5.99. The van der Waals surface area contributed by atoms with E-state index in [4.69, 9.17) is 16.4 Å². The number of pyridine rings is 1. The lowest BCUT2D eigenvalue weighted by Crippen LogP contribution is -2.38. The van der Waals surface area contributed by atoms with Crippen LogP contribution in [0.2, 0.25) is 5.02 Å². The number of hydroxylamine groups is 2. The molecule has 20 heavy (non-hydrogen) atoms. The number of rotatable bonds is 2. The van der Waals surface area contributed by atoms with E-state index in [9.17, 15) is 4.79 Å². The average molecular weight is 297 g/mol. The van der Waals surface area contributed by atoms with Crippen LogP contribution in [0.25, 0.3) is 0 Å². The Kier molecular flexibility index (Phi) is 4.66. The van der Waals surface area contributed by atoms with Gasteiger partial charge in [-0.15, -0.1) is 5.06 Å². The third-order valence-corrected chi connectivity index (χ3v) is 3.67. The third kappa shape index (κ3) is 3.93. The molecular weight excluding hydrogens is 276 g/mol. The van der Waals surface area contributed by atoms with Gasteiger partial charge in [-0.25, -0.2) is 4.79 Å². The molecule has 5 heteroatoms. The molecule has 1 saturated heterocycles. The summed E-state index contributed by atoms with van der Waals surface area (Å²) in [6, 6.07) is 3.70. The number of piperidine rings is 1. The summed E-state index contributed by atoms with van der Waals surface area (Å²) in [5.74, 6) is 0.204. The second-order valence-corrected chi connectivity index (χ2v) is 6.67. The van der Waals surface area contributed by atoms with Gasteiger partial charge in [-0.05, 0) is 45.7 Å². The van der Waals surface area contributed by atoms with Crippen LogP contribution in [0.15, 0.2) is 18.3 Å². The first-order chi connectivity index (χ1) is 9.36. The molecule has 2 rings (SSSR count). The number of nitrogens with zero attached hydrogens (tertiary/aromatic N) is 2. The fourth-order valence-corrected chi connectivity index (χ4v) is 2.31. The van der Waals surface area contributed by atoms with Crippen molar-refractivity contribution in [2.45, 2.75) is 39.5 Å². The van der Waals surface area contributed by atoms with Crippen LogP contribution in [0.4, 0.5) is 0 Å². The van der Waals surface area contributed by atoms with E-state index in [2.05, 4.69) is 4.98 Å². The van der Waals surface area contributed by atoms with Crippen molar-refractivity contribution < 1.29 is 9.63 Å². The molecule has 0 N–H and O–H groups in total. The van der Waals surface area contributed by atoms with Gasteiger partial charge < -0.3 is 4.84 Å². The molecule has 0 saturated carbocycles. The summed E-state index contributed by atoms with van der Waals surface area (Å²) in [6.45, 7) is 7.05. The Morgan fingerprint density at radius 2 is 2.05 bits per heavy atom. The van der Waals surface area contributed by atoms with E-state index in [1.807, 2.05) is 26.8 Å². The van der Waals surface area contributed by atoms with Crippen molar-refractivity contribution in [1.29, 1.82) is 0 Å². The minimum Gasteiger partial charge on any atom is -0.367 e.